The van der Waals surface area contributed by atoms with Crippen LogP contribution in [0.2, 0.25) is 0 Å². The van der Waals surface area contributed by atoms with Crippen LogP contribution in [0.15, 0.2) is 0 Å². The van der Waals surface area contributed by atoms with Gasteiger partial charge in [-0.2, -0.15) is 0 Å². The second kappa shape index (κ2) is 22.2. The minimum atomic E-state index is 0.0514. The minimum Gasteiger partial charge on any atom is -0.298 e. The molecule has 178 valence electrons. The standard InChI is InChI=1S/C26H50O2S2/c1-5-9-11-13-15-17-19-21-23(27)25(7-3)29-30-26(8-4)24(28)22-20-18-16-14-12-10-6-2/h25-26H,5-22H2,1-4H3. The third kappa shape index (κ3) is 16.7. The lowest BCUT2D eigenvalue weighted by atomic mass is 10.1. The molecular weight excluding hydrogens is 408 g/mol. The predicted molar refractivity (Wildman–Crippen MR) is 139 cm³/mol. The smallest absolute Gasteiger partial charge is 0.146 e. The van der Waals surface area contributed by atoms with Crippen LogP contribution in [0.25, 0.3) is 0 Å². The zero-order valence-electron chi connectivity index (χ0n) is 20.5. The Morgan fingerprint density at radius 2 is 0.800 bits per heavy atom. The second-order valence-corrected chi connectivity index (χ2v) is 11.3. The normalized spacial score (nSPS) is 13.3. The van der Waals surface area contributed by atoms with E-state index in [0.29, 0.717) is 24.4 Å². The van der Waals surface area contributed by atoms with Crippen molar-refractivity contribution in [1.29, 1.82) is 0 Å². The summed E-state index contributed by atoms with van der Waals surface area (Å²) in [5.74, 6) is 0.774. The van der Waals surface area contributed by atoms with E-state index in [2.05, 4.69) is 27.7 Å². The van der Waals surface area contributed by atoms with Crippen LogP contribution in [0.5, 0.6) is 0 Å². The van der Waals surface area contributed by atoms with E-state index in [4.69, 9.17) is 0 Å². The van der Waals surface area contributed by atoms with E-state index in [-0.39, 0.29) is 10.5 Å². The zero-order chi connectivity index (χ0) is 22.5. The van der Waals surface area contributed by atoms with Crippen LogP contribution in [-0.4, -0.2) is 22.1 Å². The zero-order valence-corrected chi connectivity index (χ0v) is 22.1. The molecule has 0 aliphatic rings. The fraction of sp³-hybridized carbons (Fsp3) is 0.923. The van der Waals surface area contributed by atoms with Gasteiger partial charge in [0, 0.05) is 12.8 Å². The van der Waals surface area contributed by atoms with Crippen molar-refractivity contribution in [3.05, 3.63) is 0 Å². The summed E-state index contributed by atoms with van der Waals surface area (Å²) < 4.78 is 0. The monoisotopic (exact) mass is 458 g/mol. The molecule has 0 saturated carbocycles. The van der Waals surface area contributed by atoms with Crippen molar-refractivity contribution in [2.24, 2.45) is 0 Å². The van der Waals surface area contributed by atoms with Gasteiger partial charge in [0.15, 0.2) is 0 Å². The van der Waals surface area contributed by atoms with E-state index in [9.17, 15) is 9.59 Å². The maximum atomic E-state index is 12.6. The van der Waals surface area contributed by atoms with Gasteiger partial charge in [0.2, 0.25) is 0 Å². The highest BCUT2D eigenvalue weighted by Gasteiger charge is 2.22. The number of carbonyl (C=O) groups excluding carboxylic acids is 2. The van der Waals surface area contributed by atoms with E-state index in [1.807, 2.05) is 0 Å². The number of Topliss-reactive ketones (excluding diaryl/α,β-unsaturated/α-hetero) is 2. The maximum Gasteiger partial charge on any atom is 0.146 e. The van der Waals surface area contributed by atoms with E-state index in [1.54, 1.807) is 21.6 Å². The van der Waals surface area contributed by atoms with Gasteiger partial charge in [0.25, 0.3) is 0 Å². The average Bonchev–Trinajstić information content (AvgIpc) is 2.75. The highest BCUT2D eigenvalue weighted by molar-refractivity contribution is 8.77. The van der Waals surface area contributed by atoms with Crippen LogP contribution < -0.4 is 0 Å². The summed E-state index contributed by atoms with van der Waals surface area (Å²) in [6.07, 6.45) is 20.6. The summed E-state index contributed by atoms with van der Waals surface area (Å²) in [6, 6.07) is 0. The molecule has 2 unspecified atom stereocenters. The third-order valence-corrected chi connectivity index (χ3v) is 9.30. The average molecular weight is 459 g/mol. The molecule has 0 spiro atoms. The molecule has 2 nitrogen and oxygen atoms in total. The molecule has 0 aromatic heterocycles. The van der Waals surface area contributed by atoms with Gasteiger partial charge < -0.3 is 0 Å². The van der Waals surface area contributed by atoms with Gasteiger partial charge in [-0.25, -0.2) is 0 Å². The van der Waals surface area contributed by atoms with Crippen molar-refractivity contribution in [3.63, 3.8) is 0 Å². The van der Waals surface area contributed by atoms with Crippen molar-refractivity contribution >= 4 is 33.2 Å². The lowest BCUT2D eigenvalue weighted by Gasteiger charge is -2.17. The first-order valence-corrected chi connectivity index (χ1v) is 15.3. The summed E-state index contributed by atoms with van der Waals surface area (Å²) in [7, 11) is 3.33. The fourth-order valence-corrected chi connectivity index (χ4v) is 6.92. The van der Waals surface area contributed by atoms with Gasteiger partial charge >= 0.3 is 0 Å². The first-order valence-electron chi connectivity index (χ1n) is 13.0. The Bertz CT molecular complexity index is 374. The van der Waals surface area contributed by atoms with Gasteiger partial charge in [-0.05, 0) is 25.7 Å². The molecule has 0 N–H and O–H groups in total. The number of ketones is 2. The predicted octanol–water partition coefficient (Wildman–Crippen LogP) is 9.34. The molecule has 0 aromatic carbocycles. The van der Waals surface area contributed by atoms with E-state index >= 15 is 0 Å². The fourth-order valence-electron chi connectivity index (χ4n) is 3.67. The molecule has 0 fully saturated rings. The van der Waals surface area contributed by atoms with Crippen molar-refractivity contribution in [3.8, 4) is 0 Å². The van der Waals surface area contributed by atoms with Gasteiger partial charge in [-0.3, -0.25) is 9.59 Å². The summed E-state index contributed by atoms with van der Waals surface area (Å²) in [6.45, 7) is 8.68. The Balaban J connectivity index is 4.01. The molecule has 0 aromatic rings. The molecule has 0 radical (unpaired) electrons. The van der Waals surface area contributed by atoms with Gasteiger partial charge in [0.1, 0.15) is 11.6 Å². The molecule has 0 bridgehead atoms. The van der Waals surface area contributed by atoms with Crippen molar-refractivity contribution < 1.29 is 9.59 Å². The van der Waals surface area contributed by atoms with Gasteiger partial charge in [-0.15, -0.1) is 0 Å². The Kier molecular flexibility index (Phi) is 22.3. The highest BCUT2D eigenvalue weighted by atomic mass is 33.1. The van der Waals surface area contributed by atoms with Crippen LogP contribution in [0.1, 0.15) is 143 Å². The first kappa shape index (κ1) is 30.0. The number of carbonyl (C=O) groups is 2. The number of hydrogen-bond acceptors (Lipinski definition) is 4. The molecule has 0 rings (SSSR count). The van der Waals surface area contributed by atoms with Crippen molar-refractivity contribution in [2.45, 2.75) is 154 Å². The van der Waals surface area contributed by atoms with E-state index < -0.39 is 0 Å². The van der Waals surface area contributed by atoms with Crippen molar-refractivity contribution in [1.82, 2.24) is 0 Å². The van der Waals surface area contributed by atoms with Crippen LogP contribution in [0, 0.1) is 0 Å². The van der Waals surface area contributed by atoms with E-state index in [0.717, 1.165) is 25.7 Å². The Labute approximate surface area is 196 Å². The number of unbranched alkanes of at least 4 members (excludes halogenated alkanes) is 12. The van der Waals surface area contributed by atoms with Crippen LogP contribution >= 0.6 is 21.6 Å². The SMILES string of the molecule is CCCCCCCCCC(=O)C(CC)SSC(CC)C(=O)CCCCCCCCC. The van der Waals surface area contributed by atoms with Crippen LogP contribution in [0.3, 0.4) is 0 Å². The molecule has 30 heavy (non-hydrogen) atoms. The van der Waals surface area contributed by atoms with Crippen LogP contribution in [0.4, 0.5) is 0 Å². The third-order valence-electron chi connectivity index (χ3n) is 5.80. The quantitative estimate of drug-likeness (QED) is 0.113. The largest absolute Gasteiger partial charge is 0.298 e. The van der Waals surface area contributed by atoms with E-state index in [1.165, 1.54) is 77.0 Å². The molecule has 2 atom stereocenters. The molecular formula is C26H50O2S2. The molecule has 0 aliphatic heterocycles. The lowest BCUT2D eigenvalue weighted by Crippen LogP contribution is -2.19. The maximum absolute atomic E-state index is 12.6. The van der Waals surface area contributed by atoms with Crippen LogP contribution in [-0.2, 0) is 9.59 Å². The summed E-state index contributed by atoms with van der Waals surface area (Å²) in [5.41, 5.74) is 0. The lowest BCUT2D eigenvalue weighted by molar-refractivity contribution is -0.119. The van der Waals surface area contributed by atoms with Gasteiger partial charge in [0.05, 0.1) is 10.5 Å². The number of rotatable bonds is 23. The Hall–Kier alpha value is 0.0400. The number of hydrogen-bond donors (Lipinski definition) is 0. The Morgan fingerprint density at radius 3 is 1.10 bits per heavy atom. The summed E-state index contributed by atoms with van der Waals surface area (Å²) >= 11 is 0. The summed E-state index contributed by atoms with van der Waals surface area (Å²) in [5, 5.41) is 0.103. The highest BCUT2D eigenvalue weighted by Crippen LogP contribution is 2.36. The topological polar surface area (TPSA) is 34.1 Å². The molecule has 0 saturated heterocycles. The molecule has 0 amide bonds. The molecule has 0 aliphatic carbocycles. The Morgan fingerprint density at radius 1 is 0.500 bits per heavy atom. The summed E-state index contributed by atoms with van der Waals surface area (Å²) in [4.78, 5) is 25.2. The van der Waals surface area contributed by atoms with Gasteiger partial charge in [-0.1, -0.05) is 126 Å². The molecule has 0 heterocycles. The molecule has 4 heteroatoms. The first-order chi connectivity index (χ1) is 14.6. The minimum absolute atomic E-state index is 0.0514. The van der Waals surface area contributed by atoms with Crippen molar-refractivity contribution in [2.75, 3.05) is 0 Å². The second-order valence-electron chi connectivity index (χ2n) is 8.66.